The summed E-state index contributed by atoms with van der Waals surface area (Å²) in [5.41, 5.74) is 1.13. The minimum Gasteiger partial charge on any atom is -0.482 e. The molecular weight excluding hydrogens is 358 g/mol. The van der Waals surface area contributed by atoms with Gasteiger partial charge in [-0.25, -0.2) is 4.79 Å². The highest BCUT2D eigenvalue weighted by molar-refractivity contribution is 5.97. The van der Waals surface area contributed by atoms with Gasteiger partial charge in [0, 0.05) is 11.3 Å². The summed E-state index contributed by atoms with van der Waals surface area (Å²) in [6, 6.07) is 19.7. The van der Waals surface area contributed by atoms with Crippen LogP contribution in [0.2, 0.25) is 0 Å². The highest BCUT2D eigenvalue weighted by Crippen LogP contribution is 2.19. The Bertz CT molecular complexity index is 997. The van der Waals surface area contributed by atoms with Crippen LogP contribution in [0.4, 0.5) is 5.69 Å². The number of aldehydes is 1. The van der Waals surface area contributed by atoms with Crippen molar-refractivity contribution in [1.82, 2.24) is 0 Å². The van der Waals surface area contributed by atoms with Crippen molar-refractivity contribution in [3.63, 3.8) is 0 Å². The van der Waals surface area contributed by atoms with Gasteiger partial charge in [0.05, 0.1) is 0 Å². The van der Waals surface area contributed by atoms with Crippen LogP contribution in [0.1, 0.15) is 17.3 Å². The van der Waals surface area contributed by atoms with Crippen molar-refractivity contribution >= 4 is 34.6 Å². The first-order valence-corrected chi connectivity index (χ1v) is 8.72. The van der Waals surface area contributed by atoms with Crippen LogP contribution in [0, 0.1) is 0 Å². The van der Waals surface area contributed by atoms with Crippen molar-refractivity contribution in [2.24, 2.45) is 0 Å². The Labute approximate surface area is 162 Å². The fourth-order valence-electron chi connectivity index (χ4n) is 2.58. The molecule has 3 aromatic carbocycles. The number of benzene rings is 3. The lowest BCUT2D eigenvalue weighted by molar-refractivity contribution is -0.155. The van der Waals surface area contributed by atoms with E-state index in [1.165, 1.54) is 6.92 Å². The summed E-state index contributed by atoms with van der Waals surface area (Å²) in [7, 11) is 0. The van der Waals surface area contributed by atoms with Crippen molar-refractivity contribution in [3.8, 4) is 5.75 Å². The number of carbonyl (C=O) groups excluding carboxylic acids is 3. The van der Waals surface area contributed by atoms with Gasteiger partial charge in [-0.05, 0) is 54.1 Å². The predicted molar refractivity (Wildman–Crippen MR) is 105 cm³/mol. The molecule has 0 radical (unpaired) electrons. The Morgan fingerprint density at radius 3 is 2.43 bits per heavy atom. The molecule has 1 atom stereocenters. The highest BCUT2D eigenvalue weighted by Gasteiger charge is 2.18. The van der Waals surface area contributed by atoms with Gasteiger partial charge in [0.2, 0.25) is 0 Å². The first kappa shape index (κ1) is 19.1. The van der Waals surface area contributed by atoms with Crippen LogP contribution in [0.15, 0.2) is 66.7 Å². The van der Waals surface area contributed by atoms with Crippen LogP contribution in [0.5, 0.6) is 5.75 Å². The van der Waals surface area contributed by atoms with Gasteiger partial charge < -0.3 is 14.8 Å². The van der Waals surface area contributed by atoms with Crippen molar-refractivity contribution in [2.75, 3.05) is 11.9 Å². The molecule has 0 unspecified atom stereocenters. The molecule has 0 saturated heterocycles. The van der Waals surface area contributed by atoms with E-state index < -0.39 is 18.0 Å². The molecule has 3 rings (SSSR count). The summed E-state index contributed by atoms with van der Waals surface area (Å²) >= 11 is 0. The smallest absolute Gasteiger partial charge is 0.344 e. The number of carbonyl (C=O) groups is 3. The van der Waals surface area contributed by atoms with Gasteiger partial charge in [-0.2, -0.15) is 0 Å². The van der Waals surface area contributed by atoms with Crippen LogP contribution in [0.3, 0.4) is 0 Å². The molecule has 28 heavy (non-hydrogen) atoms. The third-order valence-electron chi connectivity index (χ3n) is 4.07. The van der Waals surface area contributed by atoms with E-state index in [2.05, 4.69) is 5.32 Å². The lowest BCUT2D eigenvalue weighted by atomic mass is 10.1. The molecule has 0 saturated carbocycles. The minimum atomic E-state index is -0.972. The second kappa shape index (κ2) is 8.81. The number of hydrogen-bond donors (Lipinski definition) is 1. The molecule has 0 spiro atoms. The maximum atomic E-state index is 12.3. The van der Waals surface area contributed by atoms with Gasteiger partial charge in [0.1, 0.15) is 12.0 Å². The van der Waals surface area contributed by atoms with Crippen LogP contribution in [0.25, 0.3) is 10.8 Å². The van der Waals surface area contributed by atoms with E-state index in [0.29, 0.717) is 23.3 Å². The molecule has 0 fully saturated rings. The van der Waals surface area contributed by atoms with Crippen molar-refractivity contribution in [2.45, 2.75) is 13.0 Å². The SMILES string of the molecule is C[C@@H](OC(=O)COc1ccc(C=O)cc1)C(=O)Nc1ccc2ccccc2c1. The second-order valence-corrected chi connectivity index (χ2v) is 6.16. The summed E-state index contributed by atoms with van der Waals surface area (Å²) in [4.78, 5) is 34.8. The molecular formula is C22H19NO5. The minimum absolute atomic E-state index is 0.339. The van der Waals surface area contributed by atoms with Crippen molar-refractivity contribution in [1.29, 1.82) is 0 Å². The van der Waals surface area contributed by atoms with Crippen molar-refractivity contribution in [3.05, 3.63) is 72.3 Å². The molecule has 0 aliphatic carbocycles. The lowest BCUT2D eigenvalue weighted by Gasteiger charge is -2.14. The van der Waals surface area contributed by atoms with Crippen molar-refractivity contribution < 1.29 is 23.9 Å². The lowest BCUT2D eigenvalue weighted by Crippen LogP contribution is -2.31. The molecule has 0 heterocycles. The molecule has 3 aromatic rings. The molecule has 0 aliphatic rings. The van der Waals surface area contributed by atoms with E-state index >= 15 is 0 Å². The maximum absolute atomic E-state index is 12.3. The Hall–Kier alpha value is -3.67. The summed E-state index contributed by atoms with van der Waals surface area (Å²) in [5.74, 6) is -0.671. The zero-order valence-electron chi connectivity index (χ0n) is 15.3. The first-order valence-electron chi connectivity index (χ1n) is 8.72. The largest absolute Gasteiger partial charge is 0.482 e. The topological polar surface area (TPSA) is 81.7 Å². The van der Waals surface area contributed by atoms with E-state index in [1.54, 1.807) is 30.3 Å². The second-order valence-electron chi connectivity index (χ2n) is 6.16. The molecule has 142 valence electrons. The number of rotatable bonds is 7. The Kier molecular flexibility index (Phi) is 6.01. The Balaban J connectivity index is 1.50. The third kappa shape index (κ3) is 4.94. The van der Waals surface area contributed by atoms with Crippen LogP contribution in [-0.4, -0.2) is 30.9 Å². The standard InChI is InChI=1S/C22H19NO5/c1-15(28-21(25)14-27-20-10-6-16(13-24)7-11-20)22(26)23-19-9-8-17-4-2-3-5-18(17)12-19/h2-13,15H,14H2,1H3,(H,23,26)/t15-/m1/s1. The van der Waals surface area contributed by atoms with Gasteiger partial charge in [-0.3, -0.25) is 9.59 Å². The fraction of sp³-hybridized carbons (Fsp3) is 0.136. The van der Waals surface area contributed by atoms with Crippen LogP contribution >= 0.6 is 0 Å². The monoisotopic (exact) mass is 377 g/mol. The number of amides is 1. The zero-order valence-corrected chi connectivity index (χ0v) is 15.3. The van der Waals surface area contributed by atoms with E-state index in [1.807, 2.05) is 36.4 Å². The number of anilines is 1. The molecule has 1 amide bonds. The number of fused-ring (bicyclic) bond motifs is 1. The molecule has 6 nitrogen and oxygen atoms in total. The zero-order chi connectivity index (χ0) is 19.9. The Morgan fingerprint density at radius 1 is 1.00 bits per heavy atom. The average molecular weight is 377 g/mol. The number of ether oxygens (including phenoxy) is 2. The molecule has 0 aliphatic heterocycles. The molecule has 0 aromatic heterocycles. The fourth-order valence-corrected chi connectivity index (χ4v) is 2.58. The Morgan fingerprint density at radius 2 is 1.71 bits per heavy atom. The van der Waals surface area contributed by atoms with Gasteiger partial charge in [-0.1, -0.05) is 30.3 Å². The van der Waals surface area contributed by atoms with E-state index in [-0.39, 0.29) is 6.61 Å². The van der Waals surface area contributed by atoms with Crippen LogP contribution in [-0.2, 0) is 14.3 Å². The maximum Gasteiger partial charge on any atom is 0.344 e. The summed E-state index contributed by atoms with van der Waals surface area (Å²) in [6.45, 7) is 1.15. The van der Waals surface area contributed by atoms with Gasteiger partial charge in [0.25, 0.3) is 5.91 Å². The molecule has 0 bridgehead atoms. The molecule has 1 N–H and O–H groups in total. The summed E-state index contributed by atoms with van der Waals surface area (Å²) < 4.78 is 10.4. The number of hydrogen-bond acceptors (Lipinski definition) is 5. The predicted octanol–water partition coefficient (Wildman–Crippen LogP) is 3.60. The summed E-state index contributed by atoms with van der Waals surface area (Å²) in [6.07, 6.45) is -0.256. The molecule has 6 heteroatoms. The number of esters is 1. The van der Waals surface area contributed by atoms with Gasteiger partial charge >= 0.3 is 5.97 Å². The average Bonchev–Trinajstić information content (AvgIpc) is 2.72. The van der Waals surface area contributed by atoms with E-state index in [9.17, 15) is 14.4 Å². The van der Waals surface area contributed by atoms with Gasteiger partial charge in [0.15, 0.2) is 12.7 Å². The number of nitrogens with one attached hydrogen (secondary N) is 1. The van der Waals surface area contributed by atoms with E-state index in [4.69, 9.17) is 9.47 Å². The first-order chi connectivity index (χ1) is 13.5. The highest BCUT2D eigenvalue weighted by atomic mass is 16.6. The normalized spacial score (nSPS) is 11.5. The summed E-state index contributed by atoms with van der Waals surface area (Å²) in [5, 5.41) is 4.80. The van der Waals surface area contributed by atoms with Gasteiger partial charge in [-0.15, -0.1) is 0 Å². The third-order valence-corrected chi connectivity index (χ3v) is 4.07. The van der Waals surface area contributed by atoms with Crippen LogP contribution < -0.4 is 10.1 Å². The quantitative estimate of drug-likeness (QED) is 0.503. The van der Waals surface area contributed by atoms with E-state index in [0.717, 1.165) is 10.8 Å².